The van der Waals surface area contributed by atoms with Crippen LogP contribution in [0.4, 0.5) is 14.9 Å². The van der Waals surface area contributed by atoms with Gasteiger partial charge < -0.3 is 19.9 Å². The molecule has 3 aliphatic rings. The van der Waals surface area contributed by atoms with Crippen LogP contribution >= 0.6 is 0 Å². The molecule has 1 aromatic carbocycles. The van der Waals surface area contributed by atoms with Gasteiger partial charge in [0.2, 0.25) is 5.91 Å². The molecule has 2 heterocycles. The topological polar surface area (TPSA) is 88.9 Å². The van der Waals surface area contributed by atoms with E-state index in [1.54, 1.807) is 13.0 Å². The van der Waals surface area contributed by atoms with Gasteiger partial charge in [-0.2, -0.15) is 5.26 Å². The van der Waals surface area contributed by atoms with Crippen LogP contribution in [0.1, 0.15) is 31.7 Å². The number of hydrogen-bond acceptors (Lipinski definition) is 6. The number of hydrogen-bond donors (Lipinski definition) is 1. The fraction of sp³-hybridized carbons (Fsp3) is 0.625. The quantitative estimate of drug-likeness (QED) is 0.704. The minimum Gasteiger partial charge on any atom is -0.450 e. The number of rotatable bonds is 6. The maximum atomic E-state index is 14.9. The summed E-state index contributed by atoms with van der Waals surface area (Å²) in [5.41, 5.74) is 1.21. The average Bonchev–Trinajstić information content (AvgIpc) is 3.42. The lowest BCUT2D eigenvalue weighted by molar-refractivity contribution is -0.127. The molecule has 2 bridgehead atoms. The Morgan fingerprint density at radius 1 is 1.27 bits per heavy atom. The summed E-state index contributed by atoms with van der Waals surface area (Å²) in [6, 6.07) is 5.64. The summed E-state index contributed by atoms with van der Waals surface area (Å²) in [5.74, 6) is -0.677. The Labute approximate surface area is 194 Å². The van der Waals surface area contributed by atoms with Gasteiger partial charge in [0, 0.05) is 44.3 Å². The molecule has 1 N–H and O–H groups in total. The number of nitrogens with one attached hydrogen (secondary N) is 1. The molecule has 0 aromatic heterocycles. The standard InChI is InChI=1S/C24H32FN5O3/c1-3-33-24(32)30-20-7-5-17(13-20)22(30)23(31)27-18(15-26)12-16-4-6-19(14-21(16)25)29-10-8-28(2)9-11-29/h4,6,14,17-18,20,22H,3,5,7-13H2,1-2H3,(H,27,31)/t17-,18-,20+,22-/m0/s1. The molecule has 3 fully saturated rings. The van der Waals surface area contributed by atoms with Crippen LogP contribution in [0.2, 0.25) is 0 Å². The van der Waals surface area contributed by atoms with Crippen LogP contribution in [-0.2, 0) is 16.0 Å². The predicted octanol–water partition coefficient (Wildman–Crippen LogP) is 2.14. The van der Waals surface area contributed by atoms with E-state index in [0.717, 1.165) is 51.1 Å². The molecule has 2 saturated heterocycles. The molecule has 2 aliphatic heterocycles. The SMILES string of the molecule is CCOC(=O)N1[C@@H]2CC[C@@H](C2)[C@H]1C(=O)N[C@H](C#N)Cc1ccc(N2CCN(C)CC2)cc1F. The monoisotopic (exact) mass is 457 g/mol. The summed E-state index contributed by atoms with van der Waals surface area (Å²) in [4.78, 5) is 31.4. The highest BCUT2D eigenvalue weighted by Crippen LogP contribution is 2.42. The third-order valence-corrected chi connectivity index (χ3v) is 7.13. The van der Waals surface area contributed by atoms with Crippen LogP contribution in [-0.4, -0.2) is 79.8 Å². The lowest BCUT2D eigenvalue weighted by Gasteiger charge is -2.34. The van der Waals surface area contributed by atoms with Crippen molar-refractivity contribution in [1.29, 1.82) is 5.26 Å². The first-order valence-corrected chi connectivity index (χ1v) is 11.8. The van der Waals surface area contributed by atoms with Crippen molar-refractivity contribution in [2.24, 2.45) is 5.92 Å². The largest absolute Gasteiger partial charge is 0.450 e. The normalized spacial score (nSPS) is 25.6. The van der Waals surface area contributed by atoms with E-state index in [4.69, 9.17) is 4.74 Å². The molecule has 178 valence electrons. The lowest BCUT2D eigenvalue weighted by atomic mass is 9.97. The number of carbonyl (C=O) groups is 2. The van der Waals surface area contributed by atoms with Crippen molar-refractivity contribution in [2.45, 2.75) is 50.7 Å². The highest BCUT2D eigenvalue weighted by atomic mass is 19.1. The second kappa shape index (κ2) is 9.96. The van der Waals surface area contributed by atoms with Gasteiger partial charge in [0.25, 0.3) is 0 Å². The maximum Gasteiger partial charge on any atom is 0.410 e. The minimum atomic E-state index is -0.885. The van der Waals surface area contributed by atoms with Crippen LogP contribution in [0.15, 0.2) is 18.2 Å². The van der Waals surface area contributed by atoms with Gasteiger partial charge in [0.1, 0.15) is 17.9 Å². The summed E-state index contributed by atoms with van der Waals surface area (Å²) in [7, 11) is 2.07. The summed E-state index contributed by atoms with van der Waals surface area (Å²) >= 11 is 0. The van der Waals surface area contributed by atoms with Crippen molar-refractivity contribution in [3.05, 3.63) is 29.6 Å². The van der Waals surface area contributed by atoms with E-state index in [2.05, 4.69) is 28.2 Å². The molecule has 2 amide bonds. The van der Waals surface area contributed by atoms with Crippen molar-refractivity contribution in [3.8, 4) is 6.07 Å². The molecule has 1 aliphatic carbocycles. The molecule has 1 aromatic rings. The smallest absolute Gasteiger partial charge is 0.410 e. The average molecular weight is 458 g/mol. The first-order valence-electron chi connectivity index (χ1n) is 11.8. The molecule has 8 nitrogen and oxygen atoms in total. The third-order valence-electron chi connectivity index (χ3n) is 7.13. The first kappa shape index (κ1) is 23.3. The summed E-state index contributed by atoms with van der Waals surface area (Å²) in [6.45, 7) is 5.51. The Morgan fingerprint density at radius 2 is 2.03 bits per heavy atom. The lowest BCUT2D eigenvalue weighted by Crippen LogP contribution is -2.54. The fourth-order valence-electron chi connectivity index (χ4n) is 5.36. The third kappa shape index (κ3) is 4.91. The van der Waals surface area contributed by atoms with Crippen molar-refractivity contribution in [3.63, 3.8) is 0 Å². The maximum absolute atomic E-state index is 14.9. The first-order chi connectivity index (χ1) is 15.9. The summed E-state index contributed by atoms with van der Waals surface area (Å²) in [5, 5.41) is 12.4. The molecule has 4 atom stereocenters. The van der Waals surface area contributed by atoms with Crippen LogP contribution in [0.3, 0.4) is 0 Å². The van der Waals surface area contributed by atoms with E-state index < -0.39 is 18.2 Å². The number of benzene rings is 1. The molecular formula is C24H32FN5O3. The zero-order chi connectivity index (χ0) is 23.5. The molecule has 0 spiro atoms. The van der Waals surface area contributed by atoms with Crippen molar-refractivity contribution in [1.82, 2.24) is 15.1 Å². The van der Waals surface area contributed by atoms with Crippen LogP contribution in [0.25, 0.3) is 0 Å². The predicted molar refractivity (Wildman–Crippen MR) is 121 cm³/mol. The van der Waals surface area contributed by atoms with E-state index in [0.29, 0.717) is 5.56 Å². The number of ether oxygens (including phenoxy) is 1. The van der Waals surface area contributed by atoms with E-state index in [-0.39, 0.29) is 36.7 Å². The molecule has 0 unspecified atom stereocenters. The molecule has 1 saturated carbocycles. The van der Waals surface area contributed by atoms with Crippen molar-refractivity contribution < 1.29 is 18.7 Å². The van der Waals surface area contributed by atoms with Crippen LogP contribution in [0, 0.1) is 23.1 Å². The van der Waals surface area contributed by atoms with E-state index in [1.165, 1.54) is 11.0 Å². The number of nitrogens with zero attached hydrogens (tertiary/aromatic N) is 4. The number of halogens is 1. The van der Waals surface area contributed by atoms with Gasteiger partial charge in [-0.15, -0.1) is 0 Å². The number of carbonyl (C=O) groups excluding carboxylic acids is 2. The van der Waals surface area contributed by atoms with Gasteiger partial charge in [-0.25, -0.2) is 9.18 Å². The van der Waals surface area contributed by atoms with Gasteiger partial charge in [-0.05, 0) is 56.8 Å². The Bertz CT molecular complexity index is 927. The molecule has 4 rings (SSSR count). The second-order valence-electron chi connectivity index (χ2n) is 9.24. The number of likely N-dealkylation sites (N-methyl/N-ethyl adjacent to an activating group) is 1. The number of anilines is 1. The van der Waals surface area contributed by atoms with Crippen molar-refractivity contribution >= 4 is 17.7 Å². The Balaban J connectivity index is 1.40. The van der Waals surface area contributed by atoms with Crippen LogP contribution in [0.5, 0.6) is 0 Å². The van der Waals surface area contributed by atoms with E-state index in [9.17, 15) is 19.2 Å². The molecule has 33 heavy (non-hydrogen) atoms. The van der Waals surface area contributed by atoms with Gasteiger partial charge in [-0.1, -0.05) is 6.07 Å². The Morgan fingerprint density at radius 3 is 2.70 bits per heavy atom. The van der Waals surface area contributed by atoms with Gasteiger partial charge in [0.05, 0.1) is 12.7 Å². The number of piperazine rings is 1. The highest BCUT2D eigenvalue weighted by molar-refractivity contribution is 5.87. The second-order valence-corrected chi connectivity index (χ2v) is 9.24. The van der Waals surface area contributed by atoms with Gasteiger partial charge >= 0.3 is 6.09 Å². The number of fused-ring (bicyclic) bond motifs is 2. The number of nitriles is 1. The zero-order valence-corrected chi connectivity index (χ0v) is 19.3. The minimum absolute atomic E-state index is 0.00454. The fourth-order valence-corrected chi connectivity index (χ4v) is 5.36. The number of likely N-dealkylation sites (tertiary alicyclic amines) is 1. The molecule has 9 heteroatoms. The highest BCUT2D eigenvalue weighted by Gasteiger charge is 2.52. The number of piperidine rings is 1. The molecular weight excluding hydrogens is 425 g/mol. The zero-order valence-electron chi connectivity index (χ0n) is 19.3. The van der Waals surface area contributed by atoms with E-state index >= 15 is 0 Å². The van der Waals surface area contributed by atoms with Crippen LogP contribution < -0.4 is 10.2 Å². The van der Waals surface area contributed by atoms with Gasteiger partial charge in [-0.3, -0.25) is 9.69 Å². The Hall–Kier alpha value is -2.86. The summed E-state index contributed by atoms with van der Waals surface area (Å²) < 4.78 is 20.0. The number of amides is 2. The van der Waals surface area contributed by atoms with Gasteiger partial charge in [0.15, 0.2) is 0 Å². The molecule has 0 radical (unpaired) electrons. The van der Waals surface area contributed by atoms with E-state index in [1.807, 2.05) is 6.07 Å². The van der Waals surface area contributed by atoms with Crippen molar-refractivity contribution in [2.75, 3.05) is 44.7 Å². The summed E-state index contributed by atoms with van der Waals surface area (Å²) in [6.07, 6.45) is 2.09. The Kier molecular flexibility index (Phi) is 7.03.